The van der Waals surface area contributed by atoms with Gasteiger partial charge in [0, 0.05) is 22.8 Å². The number of para-hydroxylation sites is 1. The summed E-state index contributed by atoms with van der Waals surface area (Å²) in [5.41, 5.74) is 4.12. The molecule has 0 bridgehead atoms. The molecule has 0 aromatic heterocycles. The summed E-state index contributed by atoms with van der Waals surface area (Å²) in [6.45, 7) is 3.66. The van der Waals surface area contributed by atoms with Crippen LogP contribution in [0.2, 0.25) is 0 Å². The van der Waals surface area contributed by atoms with Gasteiger partial charge in [-0.05, 0) is 59.6 Å². The smallest absolute Gasteiger partial charge is 0.159 e. The summed E-state index contributed by atoms with van der Waals surface area (Å²) in [5, 5.41) is 0. The Morgan fingerprint density at radius 1 is 1.11 bits per heavy atom. The van der Waals surface area contributed by atoms with Crippen molar-refractivity contribution in [3.8, 4) is 0 Å². The maximum Gasteiger partial charge on any atom is 0.159 e. The van der Waals surface area contributed by atoms with E-state index in [4.69, 9.17) is 0 Å². The van der Waals surface area contributed by atoms with E-state index in [1.54, 1.807) is 6.92 Å². The Kier molecular flexibility index (Phi) is 4.05. The van der Waals surface area contributed by atoms with Crippen molar-refractivity contribution >= 4 is 33.1 Å². The molecule has 0 aliphatic carbocycles. The van der Waals surface area contributed by atoms with E-state index < -0.39 is 0 Å². The van der Waals surface area contributed by atoms with Crippen LogP contribution < -0.4 is 4.90 Å². The minimum atomic E-state index is 0.0748. The standard InChI is InChI=1S/C16H16BrNO/c1-11-6-4-5-7-15(11)18(3)16-9-8-13(12(2)19)10-14(16)17/h4-10H,1-3H3. The number of nitrogens with zero attached hydrogens (tertiary/aromatic N) is 1. The van der Waals surface area contributed by atoms with Crippen molar-refractivity contribution in [1.29, 1.82) is 0 Å². The fourth-order valence-corrected chi connectivity index (χ4v) is 2.71. The Morgan fingerprint density at radius 3 is 2.37 bits per heavy atom. The lowest BCUT2D eigenvalue weighted by Crippen LogP contribution is -2.11. The molecule has 0 amide bonds. The van der Waals surface area contributed by atoms with Crippen molar-refractivity contribution < 1.29 is 4.79 Å². The fraction of sp³-hybridized carbons (Fsp3) is 0.188. The summed E-state index contributed by atoms with van der Waals surface area (Å²) < 4.78 is 0.922. The van der Waals surface area contributed by atoms with E-state index in [0.29, 0.717) is 5.56 Å². The molecular formula is C16H16BrNO. The Hall–Kier alpha value is -1.61. The van der Waals surface area contributed by atoms with Crippen LogP contribution in [0.25, 0.3) is 0 Å². The number of Topliss-reactive ketones (excluding diaryl/α,β-unsaturated/α-hetero) is 1. The van der Waals surface area contributed by atoms with Crippen LogP contribution in [-0.2, 0) is 0 Å². The number of hydrogen-bond donors (Lipinski definition) is 0. The number of rotatable bonds is 3. The molecule has 2 nitrogen and oxygen atoms in total. The summed E-state index contributed by atoms with van der Waals surface area (Å²) in [5.74, 6) is 0.0748. The maximum absolute atomic E-state index is 11.4. The topological polar surface area (TPSA) is 20.3 Å². The van der Waals surface area contributed by atoms with Crippen molar-refractivity contribution in [2.24, 2.45) is 0 Å². The van der Waals surface area contributed by atoms with Gasteiger partial charge in [0.05, 0.1) is 5.69 Å². The second-order valence-corrected chi connectivity index (χ2v) is 5.42. The molecule has 0 aliphatic heterocycles. The number of aryl methyl sites for hydroxylation is 1. The van der Waals surface area contributed by atoms with Crippen molar-refractivity contribution in [2.45, 2.75) is 13.8 Å². The van der Waals surface area contributed by atoms with Crippen molar-refractivity contribution in [2.75, 3.05) is 11.9 Å². The third kappa shape index (κ3) is 2.87. The average Bonchev–Trinajstić information content (AvgIpc) is 2.38. The van der Waals surface area contributed by atoms with Gasteiger partial charge in [-0.2, -0.15) is 0 Å². The molecule has 0 radical (unpaired) electrons. The third-order valence-corrected chi connectivity index (χ3v) is 3.83. The summed E-state index contributed by atoms with van der Waals surface area (Å²) in [6, 6.07) is 13.9. The second kappa shape index (κ2) is 5.57. The number of halogens is 1. The molecule has 3 heteroatoms. The van der Waals surface area contributed by atoms with Gasteiger partial charge < -0.3 is 4.90 Å². The Morgan fingerprint density at radius 2 is 1.79 bits per heavy atom. The van der Waals surface area contributed by atoms with Crippen molar-refractivity contribution in [3.05, 3.63) is 58.1 Å². The van der Waals surface area contributed by atoms with E-state index in [2.05, 4.69) is 39.9 Å². The molecule has 0 spiro atoms. The summed E-state index contributed by atoms with van der Waals surface area (Å²) in [7, 11) is 2.02. The van der Waals surface area contributed by atoms with E-state index >= 15 is 0 Å². The molecule has 0 aliphatic rings. The zero-order chi connectivity index (χ0) is 14.0. The highest BCUT2D eigenvalue weighted by Gasteiger charge is 2.11. The second-order valence-electron chi connectivity index (χ2n) is 4.57. The molecule has 2 aromatic carbocycles. The molecule has 0 saturated carbocycles. The molecule has 0 N–H and O–H groups in total. The van der Waals surface area contributed by atoms with Gasteiger partial charge in [0.1, 0.15) is 0 Å². The highest BCUT2D eigenvalue weighted by atomic mass is 79.9. The van der Waals surface area contributed by atoms with E-state index in [-0.39, 0.29) is 5.78 Å². The third-order valence-electron chi connectivity index (χ3n) is 3.19. The maximum atomic E-state index is 11.4. The number of hydrogen-bond acceptors (Lipinski definition) is 2. The lowest BCUT2D eigenvalue weighted by Gasteiger charge is -2.23. The lowest BCUT2D eigenvalue weighted by molar-refractivity contribution is 0.101. The highest BCUT2D eigenvalue weighted by Crippen LogP contribution is 2.33. The Labute approximate surface area is 122 Å². The molecule has 98 valence electrons. The van der Waals surface area contributed by atoms with Gasteiger partial charge >= 0.3 is 0 Å². The number of carbonyl (C=O) groups excluding carboxylic acids is 1. The molecule has 2 rings (SSSR count). The molecule has 19 heavy (non-hydrogen) atoms. The first-order valence-corrected chi connectivity index (χ1v) is 6.90. The summed E-state index contributed by atoms with van der Waals surface area (Å²) in [6.07, 6.45) is 0. The van der Waals surface area contributed by atoms with E-state index in [0.717, 1.165) is 15.8 Å². The Bertz CT molecular complexity index is 622. The predicted octanol–water partition coefficient (Wildman–Crippen LogP) is 4.73. The van der Waals surface area contributed by atoms with Crippen LogP contribution in [0.3, 0.4) is 0 Å². The zero-order valence-corrected chi connectivity index (χ0v) is 12.9. The fourth-order valence-electron chi connectivity index (χ4n) is 2.07. The molecule has 2 aromatic rings. The van der Waals surface area contributed by atoms with Crippen LogP contribution in [0.15, 0.2) is 46.9 Å². The number of ketones is 1. The molecule has 0 atom stereocenters. The largest absolute Gasteiger partial charge is 0.343 e. The summed E-state index contributed by atoms with van der Waals surface area (Å²) in [4.78, 5) is 13.5. The predicted molar refractivity (Wildman–Crippen MR) is 83.4 cm³/mol. The van der Waals surface area contributed by atoms with Gasteiger partial charge in [-0.1, -0.05) is 18.2 Å². The molecule has 0 heterocycles. The van der Waals surface area contributed by atoms with Gasteiger partial charge in [-0.25, -0.2) is 0 Å². The first-order chi connectivity index (χ1) is 9.00. The molecular weight excluding hydrogens is 302 g/mol. The van der Waals surface area contributed by atoms with E-state index in [1.165, 1.54) is 5.56 Å². The highest BCUT2D eigenvalue weighted by molar-refractivity contribution is 9.10. The number of carbonyl (C=O) groups is 1. The SMILES string of the molecule is CC(=O)c1ccc(N(C)c2ccccc2C)c(Br)c1. The molecule has 0 unspecified atom stereocenters. The van der Waals surface area contributed by atoms with Crippen molar-refractivity contribution in [1.82, 2.24) is 0 Å². The van der Waals surface area contributed by atoms with Gasteiger partial charge in [-0.15, -0.1) is 0 Å². The molecule has 0 saturated heterocycles. The molecule has 0 fully saturated rings. The van der Waals surface area contributed by atoms with Crippen LogP contribution in [0, 0.1) is 6.92 Å². The van der Waals surface area contributed by atoms with Crippen LogP contribution in [-0.4, -0.2) is 12.8 Å². The summed E-state index contributed by atoms with van der Waals surface area (Å²) >= 11 is 3.54. The quantitative estimate of drug-likeness (QED) is 0.763. The van der Waals surface area contributed by atoms with Crippen LogP contribution >= 0.6 is 15.9 Å². The van der Waals surface area contributed by atoms with Gasteiger partial charge in [0.2, 0.25) is 0 Å². The van der Waals surface area contributed by atoms with Gasteiger partial charge in [0.25, 0.3) is 0 Å². The van der Waals surface area contributed by atoms with Crippen molar-refractivity contribution in [3.63, 3.8) is 0 Å². The van der Waals surface area contributed by atoms with Crippen LogP contribution in [0.5, 0.6) is 0 Å². The van der Waals surface area contributed by atoms with Gasteiger partial charge in [0.15, 0.2) is 5.78 Å². The Balaban J connectivity index is 2.42. The van der Waals surface area contributed by atoms with E-state index in [9.17, 15) is 4.79 Å². The minimum absolute atomic E-state index is 0.0748. The first-order valence-electron chi connectivity index (χ1n) is 6.10. The van der Waals surface area contributed by atoms with E-state index in [1.807, 2.05) is 37.4 Å². The van der Waals surface area contributed by atoms with Gasteiger partial charge in [-0.3, -0.25) is 4.79 Å². The first kappa shape index (κ1) is 13.8. The normalized spacial score (nSPS) is 10.3. The number of benzene rings is 2. The number of anilines is 2. The van der Waals surface area contributed by atoms with Crippen LogP contribution in [0.1, 0.15) is 22.8 Å². The monoisotopic (exact) mass is 317 g/mol. The lowest BCUT2D eigenvalue weighted by atomic mass is 10.1. The minimum Gasteiger partial charge on any atom is -0.343 e. The van der Waals surface area contributed by atoms with Crippen LogP contribution in [0.4, 0.5) is 11.4 Å². The average molecular weight is 318 g/mol. The zero-order valence-electron chi connectivity index (χ0n) is 11.3.